The molecule has 0 saturated carbocycles. The van der Waals surface area contributed by atoms with Crippen LogP contribution in [0.2, 0.25) is 5.02 Å². The number of aryl methyl sites for hydroxylation is 1. The van der Waals surface area contributed by atoms with Crippen LogP contribution >= 0.6 is 35.2 Å². The van der Waals surface area contributed by atoms with Crippen LogP contribution in [0.1, 0.15) is 5.56 Å². The molecular weight excluding hydrogens is 228 g/mol. The molecule has 0 aliphatic carbocycles. The molecule has 0 radical (unpaired) electrons. The van der Waals surface area contributed by atoms with Gasteiger partial charge in [-0.2, -0.15) is 0 Å². The highest BCUT2D eigenvalue weighted by molar-refractivity contribution is 7.71. The smallest absolute Gasteiger partial charge is 0.284 e. The molecular formula is C7H5ClN2OS2. The highest BCUT2D eigenvalue weighted by atomic mass is 35.5. The lowest BCUT2D eigenvalue weighted by Gasteiger charge is -1.89. The Morgan fingerprint density at radius 2 is 2.46 bits per heavy atom. The van der Waals surface area contributed by atoms with E-state index in [2.05, 4.69) is 10.2 Å². The van der Waals surface area contributed by atoms with E-state index >= 15 is 0 Å². The van der Waals surface area contributed by atoms with E-state index in [4.69, 9.17) is 28.2 Å². The van der Waals surface area contributed by atoms with Crippen molar-refractivity contribution in [3.8, 4) is 10.8 Å². The number of rotatable bonds is 1. The van der Waals surface area contributed by atoms with Gasteiger partial charge in [-0.15, -0.1) is 16.4 Å². The average Bonchev–Trinajstić information content (AvgIpc) is 2.62. The van der Waals surface area contributed by atoms with Gasteiger partial charge in [0.25, 0.3) is 10.7 Å². The summed E-state index contributed by atoms with van der Waals surface area (Å²) in [5.41, 5.74) is 1.02. The van der Waals surface area contributed by atoms with Gasteiger partial charge in [0.1, 0.15) is 4.88 Å². The molecule has 0 spiro atoms. The van der Waals surface area contributed by atoms with Crippen LogP contribution < -0.4 is 0 Å². The number of thiophene rings is 1. The van der Waals surface area contributed by atoms with Crippen molar-refractivity contribution < 1.29 is 4.42 Å². The molecule has 2 heterocycles. The minimum absolute atomic E-state index is 0.261. The summed E-state index contributed by atoms with van der Waals surface area (Å²) in [5.74, 6) is 0.452. The summed E-state index contributed by atoms with van der Waals surface area (Å²) in [6.45, 7) is 1.93. The zero-order valence-electron chi connectivity index (χ0n) is 6.63. The van der Waals surface area contributed by atoms with Crippen LogP contribution in [0.25, 0.3) is 10.8 Å². The van der Waals surface area contributed by atoms with Crippen molar-refractivity contribution in [1.82, 2.24) is 10.2 Å². The summed E-state index contributed by atoms with van der Waals surface area (Å²) in [6, 6.07) is 0. The van der Waals surface area contributed by atoms with E-state index < -0.39 is 0 Å². The van der Waals surface area contributed by atoms with E-state index in [9.17, 15) is 0 Å². The lowest BCUT2D eigenvalue weighted by atomic mass is 10.3. The molecule has 0 fully saturated rings. The number of hydrogen-bond acceptors (Lipinski definition) is 4. The maximum atomic E-state index is 6.02. The fourth-order valence-electron chi connectivity index (χ4n) is 0.901. The number of halogens is 1. The molecule has 68 valence electrons. The fourth-order valence-corrected chi connectivity index (χ4v) is 2.22. The van der Waals surface area contributed by atoms with E-state index in [-0.39, 0.29) is 4.84 Å². The lowest BCUT2D eigenvalue weighted by molar-refractivity contribution is 0.553. The first-order valence-corrected chi connectivity index (χ1v) is 5.14. The zero-order valence-corrected chi connectivity index (χ0v) is 9.02. The topological polar surface area (TPSA) is 41.8 Å². The third kappa shape index (κ3) is 1.54. The molecule has 0 unspecified atom stereocenters. The molecule has 0 atom stereocenters. The van der Waals surface area contributed by atoms with E-state index in [0.29, 0.717) is 10.9 Å². The molecule has 0 bridgehead atoms. The lowest BCUT2D eigenvalue weighted by Crippen LogP contribution is -1.73. The molecule has 0 aliphatic rings. The molecule has 2 aromatic heterocycles. The number of aromatic nitrogens is 2. The summed E-state index contributed by atoms with van der Waals surface area (Å²) in [5, 5.41) is 9.07. The molecule has 2 rings (SSSR count). The number of nitrogens with zero attached hydrogens (tertiary/aromatic N) is 1. The second-order valence-corrected chi connectivity index (χ2v) is 4.11. The Bertz CT molecular complexity index is 485. The molecule has 2 aromatic rings. The first kappa shape index (κ1) is 8.93. The van der Waals surface area contributed by atoms with Gasteiger partial charge in [0.05, 0.1) is 5.02 Å². The first-order chi connectivity index (χ1) is 6.18. The van der Waals surface area contributed by atoms with Crippen molar-refractivity contribution in [3.05, 3.63) is 20.8 Å². The molecule has 0 amide bonds. The van der Waals surface area contributed by atoms with Gasteiger partial charge in [-0.3, -0.25) is 0 Å². The summed E-state index contributed by atoms with van der Waals surface area (Å²) in [4.78, 5) is 1.07. The second kappa shape index (κ2) is 3.25. The van der Waals surface area contributed by atoms with Crippen molar-refractivity contribution in [2.24, 2.45) is 0 Å². The number of hydrogen-bond donors (Lipinski definition) is 1. The number of H-pyrrole nitrogens is 1. The summed E-state index contributed by atoms with van der Waals surface area (Å²) in [6.07, 6.45) is 0. The largest absolute Gasteiger partial charge is 0.408 e. The van der Waals surface area contributed by atoms with Crippen molar-refractivity contribution in [1.29, 1.82) is 0 Å². The Hall–Kier alpha value is -0.650. The van der Waals surface area contributed by atoms with Crippen LogP contribution in [0.3, 0.4) is 0 Å². The van der Waals surface area contributed by atoms with Gasteiger partial charge < -0.3 is 4.42 Å². The maximum Gasteiger partial charge on any atom is 0.284 e. The van der Waals surface area contributed by atoms with Crippen LogP contribution in [0.4, 0.5) is 0 Å². The highest BCUT2D eigenvalue weighted by Gasteiger charge is 2.12. The SMILES string of the molecule is Cc1csc(-c2n[nH]c(=S)o2)c1Cl. The highest BCUT2D eigenvalue weighted by Crippen LogP contribution is 2.34. The molecule has 13 heavy (non-hydrogen) atoms. The van der Waals surface area contributed by atoms with Gasteiger partial charge in [-0.25, -0.2) is 5.10 Å². The van der Waals surface area contributed by atoms with Crippen LogP contribution in [0, 0.1) is 11.8 Å². The first-order valence-electron chi connectivity index (χ1n) is 3.48. The van der Waals surface area contributed by atoms with Crippen LogP contribution in [-0.4, -0.2) is 10.2 Å². The van der Waals surface area contributed by atoms with Crippen molar-refractivity contribution in [3.63, 3.8) is 0 Å². The Labute approximate surface area is 88.4 Å². The third-order valence-electron chi connectivity index (χ3n) is 1.53. The van der Waals surface area contributed by atoms with Gasteiger partial charge in [0.2, 0.25) is 0 Å². The Balaban J connectivity index is 2.58. The average molecular weight is 233 g/mol. The van der Waals surface area contributed by atoms with Gasteiger partial charge in [-0.05, 0) is 30.1 Å². The van der Waals surface area contributed by atoms with E-state index in [1.54, 1.807) is 0 Å². The van der Waals surface area contributed by atoms with E-state index in [0.717, 1.165) is 10.4 Å². The summed E-state index contributed by atoms with van der Waals surface area (Å²) < 4.78 is 5.14. The zero-order chi connectivity index (χ0) is 9.42. The van der Waals surface area contributed by atoms with Gasteiger partial charge in [-0.1, -0.05) is 11.6 Å². The quantitative estimate of drug-likeness (QED) is 0.766. The van der Waals surface area contributed by atoms with Gasteiger partial charge >= 0.3 is 0 Å². The van der Waals surface area contributed by atoms with Crippen molar-refractivity contribution >= 4 is 35.2 Å². The number of nitrogens with one attached hydrogen (secondary N) is 1. The minimum atomic E-state index is 0.261. The predicted octanol–water partition coefficient (Wildman–Crippen LogP) is 3.42. The van der Waals surface area contributed by atoms with Crippen molar-refractivity contribution in [2.75, 3.05) is 0 Å². The molecule has 3 nitrogen and oxygen atoms in total. The monoisotopic (exact) mass is 232 g/mol. The number of aromatic amines is 1. The Morgan fingerprint density at radius 1 is 1.69 bits per heavy atom. The standard InChI is InChI=1S/C7H5ClN2OS2/c1-3-2-13-5(4(3)8)6-9-10-7(12)11-6/h2H,1H3,(H,10,12). The normalized spacial score (nSPS) is 10.6. The van der Waals surface area contributed by atoms with Crippen LogP contribution in [0.5, 0.6) is 0 Å². The molecule has 0 aliphatic heterocycles. The minimum Gasteiger partial charge on any atom is -0.408 e. The second-order valence-electron chi connectivity index (χ2n) is 2.48. The molecule has 6 heteroatoms. The Morgan fingerprint density at radius 3 is 2.92 bits per heavy atom. The molecule has 1 N–H and O–H groups in total. The fraction of sp³-hybridized carbons (Fsp3) is 0.143. The maximum absolute atomic E-state index is 6.02. The van der Waals surface area contributed by atoms with Gasteiger partial charge in [0, 0.05) is 0 Å². The van der Waals surface area contributed by atoms with Gasteiger partial charge in [0.15, 0.2) is 0 Å². The van der Waals surface area contributed by atoms with Crippen LogP contribution in [0.15, 0.2) is 9.80 Å². The molecule has 0 saturated heterocycles. The third-order valence-corrected chi connectivity index (χ3v) is 3.39. The van der Waals surface area contributed by atoms with E-state index in [1.165, 1.54) is 11.3 Å². The molecule has 0 aromatic carbocycles. The van der Waals surface area contributed by atoms with Crippen LogP contribution in [-0.2, 0) is 0 Å². The predicted molar refractivity (Wildman–Crippen MR) is 54.7 cm³/mol. The Kier molecular flexibility index (Phi) is 2.23. The van der Waals surface area contributed by atoms with E-state index in [1.807, 2.05) is 12.3 Å². The summed E-state index contributed by atoms with van der Waals surface area (Å²) in [7, 11) is 0. The van der Waals surface area contributed by atoms with Crippen molar-refractivity contribution in [2.45, 2.75) is 6.92 Å². The summed E-state index contributed by atoms with van der Waals surface area (Å²) >= 11 is 12.3.